The first-order chi connectivity index (χ1) is 6.96. The van der Waals surface area contributed by atoms with E-state index < -0.39 is 11.6 Å². The van der Waals surface area contributed by atoms with Crippen LogP contribution in [-0.4, -0.2) is 35.0 Å². The molecular weight excluding hydrogens is 196 g/mol. The van der Waals surface area contributed by atoms with E-state index in [1.54, 1.807) is 6.92 Å². The SMILES string of the molecule is CC1CC2(CCO1)CCC(C)(C(=O)O)O2. The minimum absolute atomic E-state index is 0.176. The molecule has 0 aromatic heterocycles. The third-order valence-corrected chi connectivity index (χ3v) is 3.57. The van der Waals surface area contributed by atoms with Gasteiger partial charge in [-0.1, -0.05) is 0 Å². The zero-order valence-corrected chi connectivity index (χ0v) is 9.28. The maximum atomic E-state index is 11.1. The Morgan fingerprint density at radius 1 is 1.40 bits per heavy atom. The zero-order chi connectivity index (χ0) is 11.1. The van der Waals surface area contributed by atoms with Gasteiger partial charge in [0.15, 0.2) is 5.60 Å². The van der Waals surface area contributed by atoms with E-state index in [0.29, 0.717) is 13.0 Å². The second-order valence-corrected chi connectivity index (χ2v) is 4.96. The second kappa shape index (κ2) is 3.46. The molecule has 2 fully saturated rings. The minimum Gasteiger partial charge on any atom is -0.479 e. The Labute approximate surface area is 89.6 Å². The Hall–Kier alpha value is -0.610. The average Bonchev–Trinajstić information content (AvgIpc) is 2.45. The summed E-state index contributed by atoms with van der Waals surface area (Å²) < 4.78 is 11.3. The lowest BCUT2D eigenvalue weighted by Crippen LogP contribution is -2.44. The Bertz CT molecular complexity index is 278. The summed E-state index contributed by atoms with van der Waals surface area (Å²) in [7, 11) is 0. The Morgan fingerprint density at radius 3 is 2.67 bits per heavy atom. The van der Waals surface area contributed by atoms with Gasteiger partial charge in [-0.05, 0) is 33.1 Å². The number of rotatable bonds is 1. The van der Waals surface area contributed by atoms with Gasteiger partial charge in [-0.15, -0.1) is 0 Å². The average molecular weight is 214 g/mol. The monoisotopic (exact) mass is 214 g/mol. The molecule has 2 saturated heterocycles. The molecular formula is C11H18O4. The van der Waals surface area contributed by atoms with E-state index in [1.807, 2.05) is 6.92 Å². The summed E-state index contributed by atoms with van der Waals surface area (Å²) in [6.07, 6.45) is 3.25. The summed E-state index contributed by atoms with van der Waals surface area (Å²) in [5.41, 5.74) is -1.23. The number of carboxylic acids is 1. The zero-order valence-electron chi connectivity index (χ0n) is 9.28. The number of hydrogen-bond donors (Lipinski definition) is 1. The molecule has 0 radical (unpaired) electrons. The second-order valence-electron chi connectivity index (χ2n) is 4.96. The van der Waals surface area contributed by atoms with Gasteiger partial charge in [-0.2, -0.15) is 0 Å². The van der Waals surface area contributed by atoms with Crippen LogP contribution in [0.1, 0.15) is 39.5 Å². The molecule has 0 bridgehead atoms. The molecule has 2 rings (SSSR count). The van der Waals surface area contributed by atoms with Crippen molar-refractivity contribution in [3.05, 3.63) is 0 Å². The fourth-order valence-electron chi connectivity index (χ4n) is 2.65. The maximum absolute atomic E-state index is 11.1. The number of carboxylic acid groups (broad SMARTS) is 1. The molecule has 4 heteroatoms. The minimum atomic E-state index is -0.989. The van der Waals surface area contributed by atoms with E-state index in [9.17, 15) is 4.79 Å². The van der Waals surface area contributed by atoms with Crippen LogP contribution in [0.2, 0.25) is 0 Å². The molecule has 0 aromatic rings. The standard InChI is InChI=1S/C11H18O4/c1-8-7-11(5-6-14-8)4-3-10(2,15-11)9(12)13/h8H,3-7H2,1-2H3,(H,12,13). The van der Waals surface area contributed by atoms with Crippen molar-refractivity contribution in [1.82, 2.24) is 0 Å². The number of carbonyl (C=O) groups is 1. The van der Waals surface area contributed by atoms with Crippen molar-refractivity contribution < 1.29 is 19.4 Å². The van der Waals surface area contributed by atoms with Gasteiger partial charge < -0.3 is 14.6 Å². The van der Waals surface area contributed by atoms with Gasteiger partial charge in [-0.3, -0.25) is 0 Å². The molecule has 86 valence electrons. The van der Waals surface area contributed by atoms with Crippen LogP contribution < -0.4 is 0 Å². The van der Waals surface area contributed by atoms with Crippen LogP contribution in [0, 0.1) is 0 Å². The lowest BCUT2D eigenvalue weighted by Gasteiger charge is -2.37. The van der Waals surface area contributed by atoms with Crippen LogP contribution in [0.3, 0.4) is 0 Å². The highest BCUT2D eigenvalue weighted by Crippen LogP contribution is 2.44. The van der Waals surface area contributed by atoms with Crippen molar-refractivity contribution in [3.8, 4) is 0 Å². The van der Waals surface area contributed by atoms with E-state index in [4.69, 9.17) is 14.6 Å². The molecule has 3 atom stereocenters. The fraction of sp³-hybridized carbons (Fsp3) is 0.909. The van der Waals surface area contributed by atoms with Crippen LogP contribution in [0.4, 0.5) is 0 Å². The van der Waals surface area contributed by atoms with Gasteiger partial charge in [0.25, 0.3) is 0 Å². The van der Waals surface area contributed by atoms with E-state index in [0.717, 1.165) is 19.3 Å². The number of aliphatic carboxylic acids is 1. The molecule has 0 aliphatic carbocycles. The van der Waals surface area contributed by atoms with Crippen LogP contribution in [-0.2, 0) is 14.3 Å². The highest BCUT2D eigenvalue weighted by Gasteiger charge is 2.52. The molecule has 1 spiro atoms. The van der Waals surface area contributed by atoms with E-state index in [-0.39, 0.29) is 11.7 Å². The molecule has 0 amide bonds. The first-order valence-electron chi connectivity index (χ1n) is 5.51. The molecule has 1 N–H and O–H groups in total. The molecule has 2 aliphatic heterocycles. The van der Waals surface area contributed by atoms with E-state index in [2.05, 4.69) is 0 Å². The highest BCUT2D eigenvalue weighted by molar-refractivity contribution is 5.77. The summed E-state index contributed by atoms with van der Waals surface area (Å²) in [4.78, 5) is 11.1. The normalized spacial score (nSPS) is 45.9. The molecule has 0 aromatic carbocycles. The molecule has 2 aliphatic rings. The lowest BCUT2D eigenvalue weighted by atomic mass is 9.87. The van der Waals surface area contributed by atoms with Gasteiger partial charge in [0.2, 0.25) is 0 Å². The summed E-state index contributed by atoms with van der Waals surface area (Å²) in [5.74, 6) is -0.849. The van der Waals surface area contributed by atoms with Crippen molar-refractivity contribution >= 4 is 5.97 Å². The van der Waals surface area contributed by atoms with Crippen molar-refractivity contribution in [2.45, 2.75) is 56.8 Å². The van der Waals surface area contributed by atoms with Crippen LogP contribution >= 0.6 is 0 Å². The van der Waals surface area contributed by atoms with E-state index in [1.165, 1.54) is 0 Å². The fourth-order valence-corrected chi connectivity index (χ4v) is 2.65. The number of ether oxygens (including phenoxy) is 2. The van der Waals surface area contributed by atoms with Gasteiger partial charge in [-0.25, -0.2) is 4.79 Å². The third kappa shape index (κ3) is 1.88. The summed E-state index contributed by atoms with van der Waals surface area (Å²) in [6, 6.07) is 0. The largest absolute Gasteiger partial charge is 0.479 e. The highest BCUT2D eigenvalue weighted by atomic mass is 16.6. The van der Waals surface area contributed by atoms with Crippen molar-refractivity contribution in [1.29, 1.82) is 0 Å². The van der Waals surface area contributed by atoms with Gasteiger partial charge in [0.05, 0.1) is 11.7 Å². The van der Waals surface area contributed by atoms with Crippen LogP contribution in [0.25, 0.3) is 0 Å². The first kappa shape index (κ1) is 10.9. The van der Waals surface area contributed by atoms with Crippen molar-refractivity contribution in [2.75, 3.05) is 6.61 Å². The maximum Gasteiger partial charge on any atom is 0.335 e. The van der Waals surface area contributed by atoms with Gasteiger partial charge in [0.1, 0.15) is 0 Å². The van der Waals surface area contributed by atoms with Gasteiger partial charge in [0, 0.05) is 13.0 Å². The Morgan fingerprint density at radius 2 is 2.13 bits per heavy atom. The molecule has 2 heterocycles. The first-order valence-corrected chi connectivity index (χ1v) is 5.51. The third-order valence-electron chi connectivity index (χ3n) is 3.57. The predicted octanol–water partition coefficient (Wildman–Crippen LogP) is 1.58. The quantitative estimate of drug-likeness (QED) is 0.720. The molecule has 4 nitrogen and oxygen atoms in total. The topological polar surface area (TPSA) is 55.8 Å². The smallest absolute Gasteiger partial charge is 0.335 e. The van der Waals surface area contributed by atoms with E-state index >= 15 is 0 Å². The number of hydrogen-bond acceptors (Lipinski definition) is 3. The molecule has 15 heavy (non-hydrogen) atoms. The van der Waals surface area contributed by atoms with Crippen LogP contribution in [0.15, 0.2) is 0 Å². The van der Waals surface area contributed by atoms with Crippen molar-refractivity contribution in [3.63, 3.8) is 0 Å². The van der Waals surface area contributed by atoms with Crippen LogP contribution in [0.5, 0.6) is 0 Å². The summed E-state index contributed by atoms with van der Waals surface area (Å²) in [5, 5.41) is 9.10. The van der Waals surface area contributed by atoms with Gasteiger partial charge >= 0.3 is 5.97 Å². The summed E-state index contributed by atoms with van der Waals surface area (Å²) >= 11 is 0. The lowest BCUT2D eigenvalue weighted by molar-refractivity contribution is -0.185. The van der Waals surface area contributed by atoms with Crippen molar-refractivity contribution in [2.24, 2.45) is 0 Å². The predicted molar refractivity (Wildman–Crippen MR) is 53.7 cm³/mol. The Balaban J connectivity index is 2.10. The molecule has 3 unspecified atom stereocenters. The summed E-state index contributed by atoms with van der Waals surface area (Å²) in [6.45, 7) is 4.36. The Kier molecular flexibility index (Phi) is 2.51. The molecule has 0 saturated carbocycles.